The lowest BCUT2D eigenvalue weighted by molar-refractivity contribution is 0.763. The summed E-state index contributed by atoms with van der Waals surface area (Å²) < 4.78 is 0. The zero-order valence-electron chi connectivity index (χ0n) is 16.2. The summed E-state index contributed by atoms with van der Waals surface area (Å²) in [5, 5.41) is 0. The van der Waals surface area contributed by atoms with Crippen LogP contribution in [0.3, 0.4) is 0 Å². The minimum absolute atomic E-state index is 0.373. The van der Waals surface area contributed by atoms with Gasteiger partial charge in [-0.1, -0.05) is 110 Å². The zero-order chi connectivity index (χ0) is 19.3. The second-order valence-electron chi connectivity index (χ2n) is 6.54. The number of benzene rings is 2. The molecule has 2 aromatic carbocycles. The van der Waals surface area contributed by atoms with Gasteiger partial charge < -0.3 is 0 Å². The summed E-state index contributed by atoms with van der Waals surface area (Å²) in [6, 6.07) is 17.4. The number of hydrogen-bond donors (Lipinski definition) is 0. The van der Waals surface area contributed by atoms with Gasteiger partial charge in [-0.25, -0.2) is 0 Å². The van der Waals surface area contributed by atoms with Crippen LogP contribution < -0.4 is 0 Å². The lowest BCUT2D eigenvalue weighted by atomic mass is 9.66. The van der Waals surface area contributed by atoms with E-state index in [1.165, 1.54) is 33.4 Å². The summed E-state index contributed by atoms with van der Waals surface area (Å²) >= 11 is 0. The fraction of sp³-hybridized carbons (Fsp3) is 0.111. The van der Waals surface area contributed by atoms with Gasteiger partial charge in [0.15, 0.2) is 0 Å². The monoisotopic (exact) mass is 350 g/mol. The Morgan fingerprint density at radius 3 is 1.85 bits per heavy atom. The second-order valence-corrected chi connectivity index (χ2v) is 6.54. The van der Waals surface area contributed by atoms with Crippen molar-refractivity contribution in [2.24, 2.45) is 0 Å². The molecule has 0 bridgehead atoms. The third kappa shape index (κ3) is 2.88. The van der Waals surface area contributed by atoms with Crippen molar-refractivity contribution in [2.75, 3.05) is 0 Å². The van der Waals surface area contributed by atoms with E-state index in [9.17, 15) is 0 Å². The smallest absolute Gasteiger partial charge is 0.0710 e. The molecule has 2 aromatic rings. The average Bonchev–Trinajstić information content (AvgIpc) is 3.00. The van der Waals surface area contributed by atoms with Crippen LogP contribution >= 0.6 is 0 Å². The summed E-state index contributed by atoms with van der Waals surface area (Å²) in [6.45, 7) is 12.0. The molecule has 3 rings (SSSR count). The summed E-state index contributed by atoms with van der Waals surface area (Å²) in [4.78, 5) is 0. The van der Waals surface area contributed by atoms with E-state index in [1.54, 1.807) is 0 Å². The molecule has 0 aromatic heterocycles. The van der Waals surface area contributed by atoms with Crippen molar-refractivity contribution in [3.05, 3.63) is 133 Å². The maximum absolute atomic E-state index is 3.98. The largest absolute Gasteiger partial charge is 0.0991 e. The van der Waals surface area contributed by atoms with Crippen molar-refractivity contribution in [1.82, 2.24) is 0 Å². The molecule has 0 heteroatoms. The third-order valence-corrected chi connectivity index (χ3v) is 5.18. The van der Waals surface area contributed by atoms with Crippen LogP contribution in [0.5, 0.6) is 0 Å². The maximum Gasteiger partial charge on any atom is 0.0710 e. The highest BCUT2D eigenvalue weighted by molar-refractivity contribution is 5.87. The Hall–Kier alpha value is -3.12. The molecule has 0 nitrogen and oxygen atoms in total. The molecule has 1 aliphatic carbocycles. The molecule has 0 amide bonds. The summed E-state index contributed by atoms with van der Waals surface area (Å²) in [7, 11) is 0. The number of hydrogen-bond acceptors (Lipinski definition) is 0. The Morgan fingerprint density at radius 2 is 1.37 bits per heavy atom. The first-order valence-electron chi connectivity index (χ1n) is 9.36. The molecule has 0 radical (unpaired) electrons. The Balaban J connectivity index is 2.52. The minimum atomic E-state index is -0.373. The van der Waals surface area contributed by atoms with Crippen molar-refractivity contribution < 1.29 is 0 Å². The minimum Gasteiger partial charge on any atom is -0.0991 e. The molecule has 134 valence electrons. The van der Waals surface area contributed by atoms with Gasteiger partial charge in [-0.05, 0) is 47.2 Å². The van der Waals surface area contributed by atoms with Crippen molar-refractivity contribution in [1.29, 1.82) is 0 Å². The van der Waals surface area contributed by atoms with Crippen molar-refractivity contribution in [3.8, 4) is 11.1 Å². The van der Waals surface area contributed by atoms with Crippen LogP contribution in [0.15, 0.2) is 121 Å². The summed E-state index contributed by atoms with van der Waals surface area (Å²) in [5.74, 6) is 0. The highest BCUT2D eigenvalue weighted by Crippen LogP contribution is 2.57. The van der Waals surface area contributed by atoms with E-state index >= 15 is 0 Å². The Labute approximate surface area is 163 Å². The number of fused-ring (bicyclic) bond motifs is 3. The molecular formula is C27H26. The van der Waals surface area contributed by atoms with Crippen LogP contribution in [0.2, 0.25) is 0 Å². The average molecular weight is 351 g/mol. The number of allylic oxidation sites excluding steroid dienone is 10. The fourth-order valence-electron chi connectivity index (χ4n) is 4.25. The van der Waals surface area contributed by atoms with Gasteiger partial charge in [-0.15, -0.1) is 0 Å². The third-order valence-electron chi connectivity index (χ3n) is 5.18. The van der Waals surface area contributed by atoms with E-state index in [2.05, 4.69) is 106 Å². The zero-order valence-corrected chi connectivity index (χ0v) is 16.2. The molecule has 0 atom stereocenters. The topological polar surface area (TPSA) is 0 Å². The molecule has 0 saturated heterocycles. The van der Waals surface area contributed by atoms with E-state index in [-0.39, 0.29) is 5.41 Å². The highest BCUT2D eigenvalue weighted by Gasteiger charge is 2.46. The molecule has 0 heterocycles. The van der Waals surface area contributed by atoms with Gasteiger partial charge in [0.25, 0.3) is 0 Å². The first kappa shape index (κ1) is 18.7. The quantitative estimate of drug-likeness (QED) is 0.478. The lowest BCUT2D eigenvalue weighted by Crippen LogP contribution is -2.29. The van der Waals surface area contributed by atoms with Crippen LogP contribution in [0.4, 0.5) is 0 Å². The Kier molecular flexibility index (Phi) is 5.57. The van der Waals surface area contributed by atoms with E-state index in [0.29, 0.717) is 0 Å². The first-order valence-corrected chi connectivity index (χ1v) is 9.36. The van der Waals surface area contributed by atoms with E-state index in [0.717, 1.165) is 0 Å². The first-order chi connectivity index (χ1) is 13.2. The molecule has 0 fully saturated rings. The summed E-state index contributed by atoms with van der Waals surface area (Å²) in [6.07, 6.45) is 16.5. The van der Waals surface area contributed by atoms with E-state index in [1.807, 2.05) is 18.2 Å². The second kappa shape index (κ2) is 8.05. The molecule has 0 saturated carbocycles. The predicted molar refractivity (Wildman–Crippen MR) is 119 cm³/mol. The maximum atomic E-state index is 3.98. The molecule has 0 spiro atoms. The van der Waals surface area contributed by atoms with Gasteiger partial charge in [-0.2, -0.15) is 0 Å². The standard InChI is InChI=1S/C27H26/c1-5-9-16-21(8-4)27(22(14-6-2)15-7-3)25-19-12-10-17-23(25)24-18-11-13-20-26(24)27/h5-20H,1-2H2,3-4H3/b15-7-,16-9-,21-8+,22-14+. The van der Waals surface area contributed by atoms with Crippen molar-refractivity contribution in [3.63, 3.8) is 0 Å². The molecule has 0 aliphatic heterocycles. The van der Waals surface area contributed by atoms with E-state index in [4.69, 9.17) is 0 Å². The molecule has 27 heavy (non-hydrogen) atoms. The summed E-state index contributed by atoms with van der Waals surface area (Å²) in [5.41, 5.74) is 7.25. The van der Waals surface area contributed by atoms with Gasteiger partial charge in [0, 0.05) is 0 Å². The van der Waals surface area contributed by atoms with Gasteiger partial charge in [0.2, 0.25) is 0 Å². The van der Waals surface area contributed by atoms with Crippen LogP contribution in [0.25, 0.3) is 11.1 Å². The Morgan fingerprint density at radius 1 is 0.778 bits per heavy atom. The van der Waals surface area contributed by atoms with Crippen LogP contribution in [0.1, 0.15) is 25.0 Å². The van der Waals surface area contributed by atoms with Crippen LogP contribution in [-0.2, 0) is 5.41 Å². The predicted octanol–water partition coefficient (Wildman–Crippen LogP) is 7.33. The Bertz CT molecular complexity index is 931. The van der Waals surface area contributed by atoms with Crippen molar-refractivity contribution >= 4 is 0 Å². The van der Waals surface area contributed by atoms with Crippen LogP contribution in [-0.4, -0.2) is 0 Å². The van der Waals surface area contributed by atoms with Gasteiger partial charge in [0.05, 0.1) is 5.41 Å². The molecular weight excluding hydrogens is 324 g/mol. The molecule has 1 aliphatic rings. The van der Waals surface area contributed by atoms with E-state index < -0.39 is 0 Å². The lowest BCUT2D eigenvalue weighted by Gasteiger charge is -2.35. The molecule has 0 N–H and O–H groups in total. The van der Waals surface area contributed by atoms with Crippen LogP contribution in [0, 0.1) is 0 Å². The van der Waals surface area contributed by atoms with Crippen molar-refractivity contribution in [2.45, 2.75) is 19.3 Å². The molecule has 0 unspecified atom stereocenters. The normalized spacial score (nSPS) is 15.8. The SMILES string of the molecule is C=C/C=C\C(=C/C)C1(C(/C=C\C)=C/C=C)c2ccccc2-c2ccccc21. The highest BCUT2D eigenvalue weighted by atomic mass is 14.5. The van der Waals surface area contributed by atoms with Gasteiger partial charge >= 0.3 is 0 Å². The van der Waals surface area contributed by atoms with Gasteiger partial charge in [0.1, 0.15) is 0 Å². The fourth-order valence-corrected chi connectivity index (χ4v) is 4.25. The van der Waals surface area contributed by atoms with Gasteiger partial charge in [-0.3, -0.25) is 0 Å². The number of rotatable bonds is 6.